The van der Waals surface area contributed by atoms with Crippen LogP contribution in [-0.2, 0) is 6.54 Å². The van der Waals surface area contributed by atoms with Crippen molar-refractivity contribution in [2.75, 3.05) is 26.7 Å². The predicted molar refractivity (Wildman–Crippen MR) is 82.7 cm³/mol. The molecule has 0 atom stereocenters. The number of aryl methyl sites for hydroxylation is 1. The normalized spacial score (nSPS) is 17.6. The Hall–Kier alpha value is -0.640. The van der Waals surface area contributed by atoms with Gasteiger partial charge in [0, 0.05) is 11.6 Å². The number of likely N-dealkylation sites (tertiary alicyclic amines) is 1. The zero-order valence-electron chi connectivity index (χ0n) is 12.4. The summed E-state index contributed by atoms with van der Waals surface area (Å²) < 4.78 is 13.6. The quantitative estimate of drug-likeness (QED) is 0.893. The van der Waals surface area contributed by atoms with Gasteiger partial charge >= 0.3 is 0 Å². The van der Waals surface area contributed by atoms with Crippen LogP contribution in [0.3, 0.4) is 0 Å². The first-order valence-corrected chi connectivity index (χ1v) is 7.79. The number of hydrogen-bond donors (Lipinski definition) is 1. The van der Waals surface area contributed by atoms with Gasteiger partial charge in [-0.15, -0.1) is 0 Å². The summed E-state index contributed by atoms with van der Waals surface area (Å²) in [7, 11) is 2.00. The lowest BCUT2D eigenvalue weighted by Crippen LogP contribution is -2.34. The van der Waals surface area contributed by atoms with E-state index < -0.39 is 0 Å². The fourth-order valence-electron chi connectivity index (χ4n) is 2.83. The van der Waals surface area contributed by atoms with Crippen molar-refractivity contribution in [1.29, 1.82) is 0 Å². The first kappa shape index (κ1) is 15.7. The fourth-order valence-corrected chi connectivity index (χ4v) is 3.11. The Labute approximate surface area is 126 Å². The van der Waals surface area contributed by atoms with Crippen molar-refractivity contribution in [3.63, 3.8) is 0 Å². The van der Waals surface area contributed by atoms with Crippen molar-refractivity contribution in [2.45, 2.75) is 32.7 Å². The number of benzene rings is 1. The topological polar surface area (TPSA) is 15.3 Å². The molecule has 1 aliphatic rings. The Morgan fingerprint density at radius 1 is 1.35 bits per heavy atom. The molecule has 0 aromatic heterocycles. The average Bonchev–Trinajstić information content (AvgIpc) is 2.44. The van der Waals surface area contributed by atoms with Crippen LogP contribution in [-0.4, -0.2) is 31.6 Å². The van der Waals surface area contributed by atoms with E-state index in [2.05, 4.69) is 10.2 Å². The summed E-state index contributed by atoms with van der Waals surface area (Å²) in [5.74, 6) is 0.664. The zero-order chi connectivity index (χ0) is 14.5. The van der Waals surface area contributed by atoms with Crippen molar-refractivity contribution in [1.82, 2.24) is 10.2 Å². The molecule has 1 fully saturated rings. The van der Waals surface area contributed by atoms with Crippen molar-refractivity contribution >= 4 is 11.6 Å². The molecule has 0 aliphatic carbocycles. The lowest BCUT2D eigenvalue weighted by molar-refractivity contribution is 0.172. The van der Waals surface area contributed by atoms with Gasteiger partial charge in [-0.25, -0.2) is 4.39 Å². The van der Waals surface area contributed by atoms with Crippen LogP contribution in [0.4, 0.5) is 4.39 Å². The molecule has 0 radical (unpaired) electrons. The van der Waals surface area contributed by atoms with E-state index in [9.17, 15) is 4.39 Å². The maximum absolute atomic E-state index is 13.6. The molecule has 2 rings (SSSR count). The van der Waals surface area contributed by atoms with Gasteiger partial charge in [-0.2, -0.15) is 0 Å². The minimum absolute atomic E-state index is 0.159. The molecule has 0 saturated carbocycles. The van der Waals surface area contributed by atoms with Gasteiger partial charge in [-0.1, -0.05) is 11.6 Å². The van der Waals surface area contributed by atoms with Crippen LogP contribution in [0.1, 0.15) is 30.4 Å². The average molecular weight is 299 g/mol. The van der Waals surface area contributed by atoms with Crippen LogP contribution in [0, 0.1) is 18.7 Å². The highest BCUT2D eigenvalue weighted by Gasteiger charge is 2.19. The third-order valence-corrected chi connectivity index (χ3v) is 4.58. The van der Waals surface area contributed by atoms with Crippen molar-refractivity contribution < 1.29 is 4.39 Å². The van der Waals surface area contributed by atoms with Gasteiger partial charge in [0.25, 0.3) is 0 Å². The lowest BCUT2D eigenvalue weighted by Gasteiger charge is -2.32. The molecule has 2 nitrogen and oxygen atoms in total. The van der Waals surface area contributed by atoms with E-state index in [-0.39, 0.29) is 5.82 Å². The van der Waals surface area contributed by atoms with Crippen molar-refractivity contribution in [2.24, 2.45) is 5.92 Å². The molecule has 4 heteroatoms. The predicted octanol–water partition coefficient (Wildman–Crippen LogP) is 3.61. The summed E-state index contributed by atoms with van der Waals surface area (Å²) in [5, 5.41) is 3.89. The van der Waals surface area contributed by atoms with Gasteiger partial charge < -0.3 is 5.32 Å². The molecule has 1 aliphatic heterocycles. The fraction of sp³-hybridized carbons (Fsp3) is 0.625. The maximum Gasteiger partial charge on any atom is 0.126 e. The summed E-state index contributed by atoms with van der Waals surface area (Å²) >= 11 is 6.22. The second-order valence-corrected chi connectivity index (χ2v) is 6.21. The van der Waals surface area contributed by atoms with E-state index >= 15 is 0 Å². The second kappa shape index (κ2) is 7.39. The van der Waals surface area contributed by atoms with Crippen LogP contribution in [0.2, 0.25) is 5.02 Å². The van der Waals surface area contributed by atoms with E-state index in [0.29, 0.717) is 10.6 Å². The van der Waals surface area contributed by atoms with Crippen LogP contribution in [0.15, 0.2) is 12.1 Å². The highest BCUT2D eigenvalue weighted by molar-refractivity contribution is 6.31. The molecule has 0 unspecified atom stereocenters. The lowest BCUT2D eigenvalue weighted by atomic mass is 9.93. The SMILES string of the molecule is CNCCC1CCN(Cc2cc(F)c(C)cc2Cl)CC1. The van der Waals surface area contributed by atoms with E-state index in [1.54, 1.807) is 19.1 Å². The molecule has 1 saturated heterocycles. The third-order valence-electron chi connectivity index (χ3n) is 4.23. The Balaban J connectivity index is 1.88. The molecule has 112 valence electrons. The van der Waals surface area contributed by atoms with E-state index in [1.807, 2.05) is 7.05 Å². The van der Waals surface area contributed by atoms with Gasteiger partial charge in [0.05, 0.1) is 0 Å². The Kier molecular flexibility index (Phi) is 5.82. The number of nitrogens with one attached hydrogen (secondary N) is 1. The number of piperidine rings is 1. The molecule has 0 amide bonds. The molecular weight excluding hydrogens is 275 g/mol. The van der Waals surface area contributed by atoms with Crippen LogP contribution >= 0.6 is 11.6 Å². The van der Waals surface area contributed by atoms with Gasteiger partial charge in [-0.3, -0.25) is 4.90 Å². The summed E-state index contributed by atoms with van der Waals surface area (Å²) in [4.78, 5) is 2.38. The summed E-state index contributed by atoms with van der Waals surface area (Å²) in [5.41, 5.74) is 1.52. The molecular formula is C16H24ClFN2. The molecule has 0 spiro atoms. The third kappa shape index (κ3) is 4.18. The monoisotopic (exact) mass is 298 g/mol. The molecule has 20 heavy (non-hydrogen) atoms. The maximum atomic E-state index is 13.6. The van der Waals surface area contributed by atoms with Gasteiger partial charge in [-0.05, 0) is 82.0 Å². The second-order valence-electron chi connectivity index (χ2n) is 5.80. The van der Waals surface area contributed by atoms with Crippen LogP contribution < -0.4 is 5.32 Å². The molecule has 0 bridgehead atoms. The molecule has 1 heterocycles. The van der Waals surface area contributed by atoms with Gasteiger partial charge in [0.15, 0.2) is 0 Å². The summed E-state index contributed by atoms with van der Waals surface area (Å²) in [6.07, 6.45) is 3.71. The van der Waals surface area contributed by atoms with E-state index in [0.717, 1.165) is 37.7 Å². The Bertz CT molecular complexity index is 442. The number of halogens is 2. The number of nitrogens with zero attached hydrogens (tertiary/aromatic N) is 1. The van der Waals surface area contributed by atoms with Crippen LogP contribution in [0.5, 0.6) is 0 Å². The van der Waals surface area contributed by atoms with Crippen molar-refractivity contribution in [3.05, 3.63) is 34.1 Å². The zero-order valence-corrected chi connectivity index (χ0v) is 13.1. The number of rotatable bonds is 5. The minimum atomic E-state index is -0.159. The minimum Gasteiger partial charge on any atom is -0.320 e. The highest BCUT2D eigenvalue weighted by atomic mass is 35.5. The van der Waals surface area contributed by atoms with Crippen LogP contribution in [0.25, 0.3) is 0 Å². The molecule has 1 aromatic rings. The van der Waals surface area contributed by atoms with E-state index in [1.165, 1.54) is 19.3 Å². The van der Waals surface area contributed by atoms with Gasteiger partial charge in [0.1, 0.15) is 5.82 Å². The highest BCUT2D eigenvalue weighted by Crippen LogP contribution is 2.25. The molecule has 1 N–H and O–H groups in total. The standard InChI is InChI=1S/C16H24ClFN2/c1-12-9-15(17)14(10-16(12)18)11-20-7-4-13(5-8-20)3-6-19-2/h9-10,13,19H,3-8,11H2,1-2H3. The van der Waals surface area contributed by atoms with Crippen molar-refractivity contribution in [3.8, 4) is 0 Å². The van der Waals surface area contributed by atoms with Gasteiger partial charge in [0.2, 0.25) is 0 Å². The largest absolute Gasteiger partial charge is 0.320 e. The first-order chi connectivity index (χ1) is 9.60. The van der Waals surface area contributed by atoms with E-state index in [4.69, 9.17) is 11.6 Å². The first-order valence-electron chi connectivity index (χ1n) is 7.41. The Morgan fingerprint density at radius 2 is 2.05 bits per heavy atom. The molecule has 1 aromatic carbocycles. The summed E-state index contributed by atoms with van der Waals surface area (Å²) in [6.45, 7) is 5.77. The smallest absolute Gasteiger partial charge is 0.126 e. The Morgan fingerprint density at radius 3 is 2.70 bits per heavy atom. The summed E-state index contributed by atoms with van der Waals surface area (Å²) in [6, 6.07) is 3.32. The number of hydrogen-bond acceptors (Lipinski definition) is 2.